The molecule has 0 saturated heterocycles. The Labute approximate surface area is 121 Å². The van der Waals surface area contributed by atoms with Crippen molar-refractivity contribution >= 4 is 27.5 Å². The monoisotopic (exact) mass is 318 g/mol. The number of hydrogen-bond donors (Lipinski definition) is 2. The van der Waals surface area contributed by atoms with E-state index in [4.69, 9.17) is 5.73 Å². The molecule has 0 fully saturated rings. The molecule has 0 saturated carbocycles. The molecule has 0 radical (unpaired) electrons. The van der Waals surface area contributed by atoms with Gasteiger partial charge in [-0.1, -0.05) is 46.3 Å². The maximum Gasteiger partial charge on any atom is 0.247 e. The second kappa shape index (κ2) is 5.45. The fraction of sp³-hybridized carbons (Fsp3) is 0.133. The van der Waals surface area contributed by atoms with Gasteiger partial charge in [-0.3, -0.25) is 4.79 Å². The molecule has 0 aliphatic rings. The van der Waals surface area contributed by atoms with Crippen LogP contribution in [0.15, 0.2) is 59.1 Å². The summed E-state index contributed by atoms with van der Waals surface area (Å²) in [5.41, 5.74) is 6.31. The fourth-order valence-corrected chi connectivity index (χ4v) is 2.13. The van der Waals surface area contributed by atoms with E-state index in [0.29, 0.717) is 0 Å². The van der Waals surface area contributed by atoms with Gasteiger partial charge in [-0.2, -0.15) is 0 Å². The van der Waals surface area contributed by atoms with E-state index < -0.39 is 11.4 Å². The van der Waals surface area contributed by atoms with E-state index in [0.717, 1.165) is 15.7 Å². The number of benzene rings is 2. The fourth-order valence-electron chi connectivity index (χ4n) is 1.87. The minimum atomic E-state index is -0.942. The van der Waals surface area contributed by atoms with Crippen molar-refractivity contribution in [2.45, 2.75) is 12.5 Å². The number of nitrogens with one attached hydrogen (secondary N) is 1. The second-order valence-corrected chi connectivity index (χ2v) is 5.40. The molecule has 3 N–H and O–H groups in total. The predicted molar refractivity (Wildman–Crippen MR) is 80.8 cm³/mol. The van der Waals surface area contributed by atoms with Crippen molar-refractivity contribution < 1.29 is 4.79 Å². The highest BCUT2D eigenvalue weighted by Crippen LogP contribution is 2.27. The molecule has 2 rings (SSSR count). The number of hydrogen-bond acceptors (Lipinski definition) is 2. The first kappa shape index (κ1) is 13.6. The molecular weight excluding hydrogens is 304 g/mol. The van der Waals surface area contributed by atoms with E-state index >= 15 is 0 Å². The number of rotatable bonds is 4. The zero-order chi connectivity index (χ0) is 13.9. The molecule has 3 nitrogen and oxygen atoms in total. The Kier molecular flexibility index (Phi) is 3.90. The van der Waals surface area contributed by atoms with Gasteiger partial charge in [0.1, 0.15) is 5.54 Å². The molecule has 0 aliphatic carbocycles. The molecule has 1 unspecified atom stereocenters. The third-order valence-corrected chi connectivity index (χ3v) is 3.61. The van der Waals surface area contributed by atoms with Crippen LogP contribution in [-0.2, 0) is 10.3 Å². The van der Waals surface area contributed by atoms with Gasteiger partial charge in [-0.15, -0.1) is 0 Å². The number of nitrogens with two attached hydrogens (primary N) is 1. The van der Waals surface area contributed by atoms with Crippen LogP contribution in [0.4, 0.5) is 5.69 Å². The van der Waals surface area contributed by atoms with Gasteiger partial charge in [-0.25, -0.2) is 0 Å². The number of carbonyl (C=O) groups excluding carboxylic acids is 1. The van der Waals surface area contributed by atoms with E-state index in [1.54, 1.807) is 6.92 Å². The van der Waals surface area contributed by atoms with Crippen molar-refractivity contribution in [2.75, 3.05) is 5.32 Å². The molecule has 0 aliphatic heterocycles. The zero-order valence-electron chi connectivity index (χ0n) is 10.6. The first-order chi connectivity index (χ1) is 9.02. The molecule has 0 aromatic heterocycles. The van der Waals surface area contributed by atoms with Gasteiger partial charge in [0.2, 0.25) is 5.91 Å². The number of amides is 1. The molecule has 98 valence electrons. The van der Waals surface area contributed by atoms with E-state index in [-0.39, 0.29) is 0 Å². The van der Waals surface area contributed by atoms with E-state index in [1.165, 1.54) is 0 Å². The summed E-state index contributed by atoms with van der Waals surface area (Å²) in [5, 5.41) is 3.20. The Morgan fingerprint density at radius 2 is 1.68 bits per heavy atom. The third-order valence-electron chi connectivity index (χ3n) is 3.08. The van der Waals surface area contributed by atoms with Crippen LogP contribution in [0, 0.1) is 0 Å². The summed E-state index contributed by atoms with van der Waals surface area (Å²) in [6, 6.07) is 17.1. The van der Waals surface area contributed by atoms with Crippen LogP contribution in [0.25, 0.3) is 0 Å². The lowest BCUT2D eigenvalue weighted by molar-refractivity contribution is -0.122. The summed E-state index contributed by atoms with van der Waals surface area (Å²) in [5.74, 6) is -0.418. The first-order valence-electron chi connectivity index (χ1n) is 5.91. The molecular formula is C15H15BrN2O. The highest BCUT2D eigenvalue weighted by molar-refractivity contribution is 9.10. The largest absolute Gasteiger partial charge is 0.368 e. The third kappa shape index (κ3) is 2.96. The Morgan fingerprint density at radius 1 is 1.11 bits per heavy atom. The summed E-state index contributed by atoms with van der Waals surface area (Å²) >= 11 is 3.38. The molecule has 1 amide bonds. The SMILES string of the molecule is CC(Nc1ccccc1)(C(N)=O)c1ccc(Br)cc1. The standard InChI is InChI=1S/C15H15BrN2O/c1-15(14(17)19,11-7-9-12(16)10-8-11)18-13-5-3-2-4-6-13/h2-10,18H,1H3,(H2,17,19). The Balaban J connectivity index is 2.38. The van der Waals surface area contributed by atoms with Gasteiger partial charge < -0.3 is 11.1 Å². The number of para-hydroxylation sites is 1. The maximum atomic E-state index is 11.9. The molecule has 4 heteroatoms. The Morgan fingerprint density at radius 3 is 2.21 bits per heavy atom. The topological polar surface area (TPSA) is 55.1 Å². The summed E-state index contributed by atoms with van der Waals surface area (Å²) in [6.07, 6.45) is 0. The Bertz CT molecular complexity index is 568. The minimum absolute atomic E-state index is 0.418. The number of anilines is 1. The van der Waals surface area contributed by atoms with Crippen LogP contribution in [0.2, 0.25) is 0 Å². The number of primary amides is 1. The van der Waals surface area contributed by atoms with Crippen LogP contribution in [0.5, 0.6) is 0 Å². The molecule has 2 aromatic rings. The van der Waals surface area contributed by atoms with E-state index in [2.05, 4.69) is 21.2 Å². The lowest BCUT2D eigenvalue weighted by atomic mass is 9.91. The summed E-state index contributed by atoms with van der Waals surface area (Å²) in [7, 11) is 0. The van der Waals surface area contributed by atoms with Gasteiger partial charge in [0.15, 0.2) is 0 Å². The van der Waals surface area contributed by atoms with Crippen LogP contribution in [0.3, 0.4) is 0 Å². The quantitative estimate of drug-likeness (QED) is 0.909. The lowest BCUT2D eigenvalue weighted by Crippen LogP contribution is -2.45. The van der Waals surface area contributed by atoms with Crippen LogP contribution < -0.4 is 11.1 Å². The molecule has 0 heterocycles. The smallest absolute Gasteiger partial charge is 0.247 e. The van der Waals surface area contributed by atoms with E-state index in [1.807, 2.05) is 54.6 Å². The van der Waals surface area contributed by atoms with Crippen molar-refractivity contribution in [2.24, 2.45) is 5.73 Å². The average molecular weight is 319 g/mol. The number of halogens is 1. The Hall–Kier alpha value is -1.81. The van der Waals surface area contributed by atoms with Crippen LogP contribution >= 0.6 is 15.9 Å². The summed E-state index contributed by atoms with van der Waals surface area (Å²) < 4.78 is 0.961. The van der Waals surface area contributed by atoms with Crippen molar-refractivity contribution in [3.8, 4) is 0 Å². The molecule has 1 atom stereocenters. The van der Waals surface area contributed by atoms with Crippen molar-refractivity contribution in [1.29, 1.82) is 0 Å². The normalized spacial score (nSPS) is 13.6. The maximum absolute atomic E-state index is 11.9. The highest BCUT2D eigenvalue weighted by atomic mass is 79.9. The first-order valence-corrected chi connectivity index (χ1v) is 6.71. The van der Waals surface area contributed by atoms with Crippen molar-refractivity contribution in [3.05, 3.63) is 64.6 Å². The van der Waals surface area contributed by atoms with E-state index in [9.17, 15) is 4.79 Å². The van der Waals surface area contributed by atoms with Gasteiger partial charge >= 0.3 is 0 Å². The van der Waals surface area contributed by atoms with Crippen LogP contribution in [0.1, 0.15) is 12.5 Å². The minimum Gasteiger partial charge on any atom is -0.368 e. The molecule has 2 aromatic carbocycles. The van der Waals surface area contributed by atoms with Gasteiger partial charge in [0, 0.05) is 10.2 Å². The predicted octanol–water partition coefficient (Wildman–Crippen LogP) is 3.26. The molecule has 19 heavy (non-hydrogen) atoms. The van der Waals surface area contributed by atoms with Crippen LogP contribution in [-0.4, -0.2) is 5.91 Å². The van der Waals surface area contributed by atoms with Gasteiger partial charge in [-0.05, 0) is 36.8 Å². The molecule has 0 bridgehead atoms. The van der Waals surface area contributed by atoms with Crippen molar-refractivity contribution in [1.82, 2.24) is 0 Å². The molecule has 0 spiro atoms. The summed E-state index contributed by atoms with van der Waals surface area (Å²) in [4.78, 5) is 11.9. The van der Waals surface area contributed by atoms with Crippen molar-refractivity contribution in [3.63, 3.8) is 0 Å². The zero-order valence-corrected chi connectivity index (χ0v) is 12.1. The highest BCUT2D eigenvalue weighted by Gasteiger charge is 2.33. The summed E-state index contributed by atoms with van der Waals surface area (Å²) in [6.45, 7) is 1.78. The van der Waals surface area contributed by atoms with Gasteiger partial charge in [0.05, 0.1) is 0 Å². The second-order valence-electron chi connectivity index (χ2n) is 4.49. The average Bonchev–Trinajstić information content (AvgIpc) is 2.40. The lowest BCUT2D eigenvalue weighted by Gasteiger charge is -2.29. The number of carbonyl (C=O) groups is 1. The van der Waals surface area contributed by atoms with Gasteiger partial charge in [0.25, 0.3) is 0 Å².